The highest BCUT2D eigenvalue weighted by atomic mass is 35.5. The van der Waals surface area contributed by atoms with Gasteiger partial charge in [-0.2, -0.15) is 0 Å². The van der Waals surface area contributed by atoms with Crippen LogP contribution in [0.5, 0.6) is 0 Å². The monoisotopic (exact) mass is 220 g/mol. The molecule has 1 heterocycles. The van der Waals surface area contributed by atoms with Crippen molar-refractivity contribution in [3.63, 3.8) is 0 Å². The Morgan fingerprint density at radius 2 is 2.07 bits per heavy atom. The van der Waals surface area contributed by atoms with Crippen molar-refractivity contribution in [2.24, 2.45) is 0 Å². The lowest BCUT2D eigenvalue weighted by Gasteiger charge is -2.15. The summed E-state index contributed by atoms with van der Waals surface area (Å²) in [5.41, 5.74) is 1.20. The Morgan fingerprint density at radius 1 is 1.43 bits per heavy atom. The summed E-state index contributed by atoms with van der Waals surface area (Å²) >= 11 is 5.63. The number of hydrogen-bond donors (Lipinski definition) is 1. The van der Waals surface area contributed by atoms with Crippen LogP contribution in [-0.2, 0) is 0 Å². The van der Waals surface area contributed by atoms with Gasteiger partial charge in [-0.1, -0.05) is 11.6 Å². The standard InChI is InChI=1S/C9H11ClF2N2/c1-5-7(3-4-8(10)14-5)13-6(2)9(11)12/h3-4,6,9,13H,1-2H3. The van der Waals surface area contributed by atoms with Gasteiger partial charge in [0.05, 0.1) is 17.4 Å². The molecule has 0 saturated heterocycles. The summed E-state index contributed by atoms with van der Waals surface area (Å²) in [5, 5.41) is 3.02. The number of anilines is 1. The molecule has 0 aliphatic rings. The number of halogens is 3. The number of nitrogens with zero attached hydrogens (tertiary/aromatic N) is 1. The van der Waals surface area contributed by atoms with Gasteiger partial charge in [-0.05, 0) is 26.0 Å². The molecule has 1 aromatic rings. The second-order valence-electron chi connectivity index (χ2n) is 3.03. The molecule has 5 heteroatoms. The zero-order chi connectivity index (χ0) is 10.7. The Hall–Kier alpha value is -0.900. The van der Waals surface area contributed by atoms with Crippen LogP contribution in [0.15, 0.2) is 12.1 Å². The summed E-state index contributed by atoms with van der Waals surface area (Å²) in [6.07, 6.45) is -2.40. The fourth-order valence-corrected chi connectivity index (χ4v) is 1.18. The summed E-state index contributed by atoms with van der Waals surface area (Å²) in [5.74, 6) is 0. The van der Waals surface area contributed by atoms with E-state index in [1.165, 1.54) is 6.92 Å². The Bertz CT molecular complexity index is 318. The minimum absolute atomic E-state index is 0.359. The number of aryl methyl sites for hydroxylation is 1. The van der Waals surface area contributed by atoms with E-state index in [9.17, 15) is 8.78 Å². The van der Waals surface area contributed by atoms with Crippen molar-refractivity contribution in [2.75, 3.05) is 5.32 Å². The van der Waals surface area contributed by atoms with Crippen molar-refractivity contribution < 1.29 is 8.78 Å². The molecule has 0 fully saturated rings. The van der Waals surface area contributed by atoms with Crippen LogP contribution in [0.1, 0.15) is 12.6 Å². The van der Waals surface area contributed by atoms with Gasteiger partial charge in [-0.3, -0.25) is 0 Å². The Kier molecular flexibility index (Phi) is 3.63. The molecule has 1 rings (SSSR count). The van der Waals surface area contributed by atoms with Crippen LogP contribution >= 0.6 is 11.6 Å². The number of rotatable bonds is 3. The highest BCUT2D eigenvalue weighted by Gasteiger charge is 2.14. The fraction of sp³-hybridized carbons (Fsp3) is 0.444. The molecule has 0 bridgehead atoms. The van der Waals surface area contributed by atoms with Crippen LogP contribution in [0.4, 0.5) is 14.5 Å². The van der Waals surface area contributed by atoms with E-state index in [2.05, 4.69) is 10.3 Å². The Morgan fingerprint density at radius 3 is 2.57 bits per heavy atom. The third kappa shape index (κ3) is 2.80. The SMILES string of the molecule is Cc1nc(Cl)ccc1NC(C)C(F)F. The van der Waals surface area contributed by atoms with Crippen LogP contribution in [0.3, 0.4) is 0 Å². The maximum Gasteiger partial charge on any atom is 0.258 e. The van der Waals surface area contributed by atoms with Gasteiger partial charge in [0, 0.05) is 0 Å². The quantitative estimate of drug-likeness (QED) is 0.792. The predicted molar refractivity (Wildman–Crippen MR) is 53.1 cm³/mol. The molecule has 1 N–H and O–H groups in total. The van der Waals surface area contributed by atoms with Gasteiger partial charge in [0.1, 0.15) is 5.15 Å². The van der Waals surface area contributed by atoms with Crippen molar-refractivity contribution in [3.8, 4) is 0 Å². The molecule has 1 unspecified atom stereocenters. The van der Waals surface area contributed by atoms with E-state index in [4.69, 9.17) is 11.6 Å². The van der Waals surface area contributed by atoms with Gasteiger partial charge in [0.25, 0.3) is 6.43 Å². The van der Waals surface area contributed by atoms with E-state index in [1.54, 1.807) is 19.1 Å². The molecular formula is C9H11ClF2N2. The molecule has 0 aliphatic carbocycles. The van der Waals surface area contributed by atoms with E-state index in [0.717, 1.165) is 0 Å². The summed E-state index contributed by atoms with van der Waals surface area (Å²) in [7, 11) is 0. The van der Waals surface area contributed by atoms with Gasteiger partial charge in [-0.15, -0.1) is 0 Å². The van der Waals surface area contributed by atoms with Crippen molar-refractivity contribution in [1.82, 2.24) is 4.98 Å². The van der Waals surface area contributed by atoms with Crippen molar-refractivity contribution in [2.45, 2.75) is 26.3 Å². The minimum Gasteiger partial charge on any atom is -0.375 e. The lowest BCUT2D eigenvalue weighted by Crippen LogP contribution is -2.24. The third-order valence-electron chi connectivity index (χ3n) is 1.81. The first-order valence-corrected chi connectivity index (χ1v) is 4.56. The molecule has 0 amide bonds. The van der Waals surface area contributed by atoms with Gasteiger partial charge >= 0.3 is 0 Å². The number of aromatic nitrogens is 1. The summed E-state index contributed by atoms with van der Waals surface area (Å²) < 4.78 is 24.4. The Labute approximate surface area is 86.3 Å². The van der Waals surface area contributed by atoms with Crippen molar-refractivity contribution >= 4 is 17.3 Å². The maximum absolute atomic E-state index is 12.2. The number of nitrogens with one attached hydrogen (secondary N) is 1. The molecule has 0 aromatic carbocycles. The van der Waals surface area contributed by atoms with Gasteiger partial charge in [0.15, 0.2) is 0 Å². The second-order valence-corrected chi connectivity index (χ2v) is 3.42. The van der Waals surface area contributed by atoms with Crippen LogP contribution in [0.25, 0.3) is 0 Å². The van der Waals surface area contributed by atoms with Gasteiger partial charge in [-0.25, -0.2) is 13.8 Å². The van der Waals surface area contributed by atoms with E-state index >= 15 is 0 Å². The first-order valence-electron chi connectivity index (χ1n) is 4.18. The predicted octanol–water partition coefficient (Wildman–Crippen LogP) is 3.11. The van der Waals surface area contributed by atoms with Crippen LogP contribution in [-0.4, -0.2) is 17.5 Å². The average Bonchev–Trinajstić information content (AvgIpc) is 2.09. The molecular weight excluding hydrogens is 210 g/mol. The summed E-state index contributed by atoms with van der Waals surface area (Å²) in [6.45, 7) is 3.13. The van der Waals surface area contributed by atoms with Crippen molar-refractivity contribution in [3.05, 3.63) is 23.0 Å². The number of alkyl halides is 2. The zero-order valence-corrected chi connectivity index (χ0v) is 8.65. The first kappa shape index (κ1) is 11.2. The lowest BCUT2D eigenvalue weighted by atomic mass is 10.2. The zero-order valence-electron chi connectivity index (χ0n) is 7.89. The van der Waals surface area contributed by atoms with Crippen LogP contribution < -0.4 is 5.32 Å². The maximum atomic E-state index is 12.2. The normalized spacial score (nSPS) is 13.0. The van der Waals surface area contributed by atoms with E-state index < -0.39 is 12.5 Å². The largest absolute Gasteiger partial charge is 0.375 e. The lowest BCUT2D eigenvalue weighted by molar-refractivity contribution is 0.130. The molecule has 2 nitrogen and oxygen atoms in total. The molecule has 0 spiro atoms. The molecule has 0 aliphatic heterocycles. The Balaban J connectivity index is 2.77. The highest BCUT2D eigenvalue weighted by Crippen LogP contribution is 2.17. The average molecular weight is 221 g/mol. The van der Waals surface area contributed by atoms with E-state index in [1.807, 2.05) is 0 Å². The van der Waals surface area contributed by atoms with Crippen molar-refractivity contribution in [1.29, 1.82) is 0 Å². The van der Waals surface area contributed by atoms with Gasteiger partial charge in [0.2, 0.25) is 0 Å². The third-order valence-corrected chi connectivity index (χ3v) is 2.02. The fourth-order valence-electron chi connectivity index (χ4n) is 0.991. The molecule has 1 aromatic heterocycles. The number of pyridine rings is 1. The van der Waals surface area contributed by atoms with E-state index in [0.29, 0.717) is 16.5 Å². The minimum atomic E-state index is -2.40. The topological polar surface area (TPSA) is 24.9 Å². The molecule has 1 atom stereocenters. The summed E-state index contributed by atoms with van der Waals surface area (Å²) in [4.78, 5) is 3.94. The van der Waals surface area contributed by atoms with Crippen LogP contribution in [0.2, 0.25) is 5.15 Å². The first-order chi connectivity index (χ1) is 6.50. The molecule has 78 valence electrons. The molecule has 0 radical (unpaired) electrons. The highest BCUT2D eigenvalue weighted by molar-refractivity contribution is 6.29. The van der Waals surface area contributed by atoms with E-state index in [-0.39, 0.29) is 0 Å². The summed E-state index contributed by atoms with van der Waals surface area (Å²) in [6, 6.07) is 2.32. The number of hydrogen-bond acceptors (Lipinski definition) is 2. The molecule has 0 saturated carbocycles. The molecule has 14 heavy (non-hydrogen) atoms. The smallest absolute Gasteiger partial charge is 0.258 e. The van der Waals surface area contributed by atoms with Crippen LogP contribution in [0, 0.1) is 6.92 Å². The second kappa shape index (κ2) is 4.55. The van der Waals surface area contributed by atoms with Gasteiger partial charge < -0.3 is 5.32 Å².